The van der Waals surface area contributed by atoms with Crippen LogP contribution in [0.4, 0.5) is 29.1 Å². The number of carbonyl (C=O) groups is 2. The van der Waals surface area contributed by atoms with Crippen molar-refractivity contribution in [3.8, 4) is 0 Å². The summed E-state index contributed by atoms with van der Waals surface area (Å²) in [6, 6.07) is 6.73. The first-order valence-electron chi connectivity index (χ1n) is 11.1. The third-order valence-electron chi connectivity index (χ3n) is 6.23. The van der Waals surface area contributed by atoms with Gasteiger partial charge in [0.1, 0.15) is 17.7 Å². The minimum atomic E-state index is -1.56. The number of aromatic nitrogens is 1. The van der Waals surface area contributed by atoms with Gasteiger partial charge in [-0.3, -0.25) is 14.5 Å². The zero-order valence-electron chi connectivity index (χ0n) is 18.4. The number of amides is 2. The maximum Gasteiger partial charge on any atom is 0.263 e. The Kier molecular flexibility index (Phi) is 5.88. The summed E-state index contributed by atoms with van der Waals surface area (Å²) >= 11 is 0. The van der Waals surface area contributed by atoms with Gasteiger partial charge in [0.15, 0.2) is 17.5 Å². The number of benzene rings is 2. The monoisotopic (exact) mass is 484 g/mol. The highest BCUT2D eigenvalue weighted by Crippen LogP contribution is 2.31. The molecule has 0 radical (unpaired) electrons. The van der Waals surface area contributed by atoms with E-state index in [0.29, 0.717) is 42.7 Å². The van der Waals surface area contributed by atoms with E-state index in [4.69, 9.17) is 0 Å². The van der Waals surface area contributed by atoms with E-state index in [-0.39, 0.29) is 29.3 Å². The van der Waals surface area contributed by atoms with Crippen molar-refractivity contribution in [3.05, 3.63) is 88.1 Å². The third kappa shape index (κ3) is 4.20. The molecule has 1 saturated heterocycles. The van der Waals surface area contributed by atoms with Crippen molar-refractivity contribution in [2.24, 2.45) is 0 Å². The molecule has 2 aliphatic heterocycles. The Morgan fingerprint density at radius 2 is 1.74 bits per heavy atom. The highest BCUT2D eigenvalue weighted by molar-refractivity contribution is 6.11. The molecule has 2 aliphatic rings. The molecular weight excluding hydrogens is 464 g/mol. The predicted octanol–water partition coefficient (Wildman–Crippen LogP) is 3.73. The first-order chi connectivity index (χ1) is 16.8. The van der Waals surface area contributed by atoms with Gasteiger partial charge >= 0.3 is 0 Å². The fraction of sp³-hybridized carbons (Fsp3) is 0.240. The molecule has 6 nitrogen and oxygen atoms in total. The van der Waals surface area contributed by atoms with Crippen molar-refractivity contribution in [1.82, 2.24) is 10.3 Å². The van der Waals surface area contributed by atoms with E-state index >= 15 is 0 Å². The Labute approximate surface area is 198 Å². The molecule has 1 atom stereocenters. The Bertz CT molecular complexity index is 1320. The summed E-state index contributed by atoms with van der Waals surface area (Å²) in [6.45, 7) is 0.902. The number of rotatable bonds is 5. The van der Waals surface area contributed by atoms with Crippen LogP contribution in [0, 0.1) is 23.3 Å². The van der Waals surface area contributed by atoms with Gasteiger partial charge in [-0.1, -0.05) is 0 Å². The van der Waals surface area contributed by atoms with Crippen LogP contribution in [0.1, 0.15) is 33.5 Å². The van der Waals surface area contributed by atoms with Gasteiger partial charge in [0.25, 0.3) is 5.91 Å². The van der Waals surface area contributed by atoms with Crippen LogP contribution in [-0.2, 0) is 17.6 Å². The molecule has 3 heterocycles. The number of pyridine rings is 1. The second-order valence-electron chi connectivity index (χ2n) is 8.47. The van der Waals surface area contributed by atoms with Crippen LogP contribution in [0.15, 0.2) is 42.6 Å². The van der Waals surface area contributed by atoms with E-state index in [1.54, 1.807) is 12.1 Å². The second-order valence-corrected chi connectivity index (χ2v) is 8.47. The fourth-order valence-corrected chi connectivity index (χ4v) is 4.60. The summed E-state index contributed by atoms with van der Waals surface area (Å²) in [5.41, 5.74) is 1.76. The Balaban J connectivity index is 1.55. The molecule has 0 unspecified atom stereocenters. The molecule has 2 amide bonds. The highest BCUT2D eigenvalue weighted by Gasteiger charge is 2.38. The molecule has 180 valence electrons. The van der Waals surface area contributed by atoms with Crippen LogP contribution in [0.2, 0.25) is 0 Å². The first-order valence-corrected chi connectivity index (χ1v) is 11.1. The zero-order valence-corrected chi connectivity index (χ0v) is 18.4. The normalized spacial score (nSPS) is 16.6. The minimum Gasteiger partial charge on any atom is -0.384 e. The molecule has 1 fully saturated rings. The number of hydrogen-bond donors (Lipinski definition) is 2. The van der Waals surface area contributed by atoms with Gasteiger partial charge in [0.2, 0.25) is 5.91 Å². The summed E-state index contributed by atoms with van der Waals surface area (Å²) in [5, 5.41) is 5.79. The van der Waals surface area contributed by atoms with Gasteiger partial charge in [-0.15, -0.1) is 0 Å². The van der Waals surface area contributed by atoms with E-state index < -0.39 is 35.2 Å². The largest absolute Gasteiger partial charge is 0.384 e. The average molecular weight is 484 g/mol. The third-order valence-corrected chi connectivity index (χ3v) is 6.23. The van der Waals surface area contributed by atoms with Crippen LogP contribution in [-0.4, -0.2) is 35.9 Å². The average Bonchev–Trinajstić information content (AvgIpc) is 3.47. The number of nitrogens with one attached hydrogen (secondary N) is 2. The van der Waals surface area contributed by atoms with E-state index in [1.165, 1.54) is 23.2 Å². The lowest BCUT2D eigenvalue weighted by Crippen LogP contribution is -2.46. The number of fused-ring (bicyclic) bond motifs is 1. The summed E-state index contributed by atoms with van der Waals surface area (Å²) in [6.07, 6.45) is 2.16. The topological polar surface area (TPSA) is 74.3 Å². The Hall–Kier alpha value is -3.95. The molecular formula is C25H20F4N4O2. The van der Waals surface area contributed by atoms with Gasteiger partial charge in [-0.25, -0.2) is 22.5 Å². The summed E-state index contributed by atoms with van der Waals surface area (Å²) in [4.78, 5) is 31.8. The lowest BCUT2D eigenvalue weighted by atomic mass is 10.0. The van der Waals surface area contributed by atoms with Crippen molar-refractivity contribution in [1.29, 1.82) is 0 Å². The molecule has 10 heteroatoms. The standard InChI is InChI=1S/C25H20F4N4O2/c26-16-1-2-19-15(4-7-30-19)22(16)25(35)33(20-5-8-32-24(20)34)21-12-13(3-6-31-21)9-14-10-17(27)23(29)18(28)11-14/h1-3,6,10-12,20,30H,4-5,7-9H2,(H,32,34)/t20-/m1/s1. The van der Waals surface area contributed by atoms with Crippen LogP contribution >= 0.6 is 0 Å². The minimum absolute atomic E-state index is 0.0154. The molecule has 0 saturated carbocycles. The van der Waals surface area contributed by atoms with Crippen molar-refractivity contribution < 1.29 is 27.2 Å². The first kappa shape index (κ1) is 22.8. The molecule has 2 N–H and O–H groups in total. The smallest absolute Gasteiger partial charge is 0.263 e. The number of carbonyl (C=O) groups excluding carboxylic acids is 2. The maximum absolute atomic E-state index is 14.9. The lowest BCUT2D eigenvalue weighted by molar-refractivity contribution is -0.120. The number of halogens is 4. The van der Waals surface area contributed by atoms with Gasteiger partial charge in [0, 0.05) is 25.0 Å². The highest BCUT2D eigenvalue weighted by atomic mass is 19.2. The van der Waals surface area contributed by atoms with E-state index in [1.807, 2.05) is 0 Å². The second kappa shape index (κ2) is 9.01. The molecule has 3 aromatic rings. The predicted molar refractivity (Wildman–Crippen MR) is 120 cm³/mol. The van der Waals surface area contributed by atoms with Crippen molar-refractivity contribution >= 4 is 23.3 Å². The summed E-state index contributed by atoms with van der Waals surface area (Å²) < 4.78 is 55.6. The van der Waals surface area contributed by atoms with E-state index in [0.717, 1.165) is 12.1 Å². The van der Waals surface area contributed by atoms with Crippen molar-refractivity contribution in [2.75, 3.05) is 23.3 Å². The van der Waals surface area contributed by atoms with E-state index in [2.05, 4.69) is 15.6 Å². The zero-order chi connectivity index (χ0) is 24.7. The molecule has 0 aliphatic carbocycles. The number of nitrogens with zero attached hydrogens (tertiary/aromatic N) is 2. The SMILES string of the molecule is O=C1NCC[C@H]1N(C(=O)c1c(F)ccc2c1CCN2)c1cc(Cc2cc(F)c(F)c(F)c2)ccn1. The van der Waals surface area contributed by atoms with Crippen LogP contribution < -0.4 is 15.5 Å². The molecule has 1 aromatic heterocycles. The quantitative estimate of drug-likeness (QED) is 0.428. The van der Waals surface area contributed by atoms with Gasteiger partial charge < -0.3 is 10.6 Å². The molecule has 35 heavy (non-hydrogen) atoms. The fourth-order valence-electron chi connectivity index (χ4n) is 4.60. The van der Waals surface area contributed by atoms with Gasteiger partial charge in [-0.2, -0.15) is 0 Å². The van der Waals surface area contributed by atoms with Crippen LogP contribution in [0.3, 0.4) is 0 Å². The Morgan fingerprint density at radius 1 is 0.971 bits per heavy atom. The van der Waals surface area contributed by atoms with Crippen LogP contribution in [0.5, 0.6) is 0 Å². The lowest BCUT2D eigenvalue weighted by Gasteiger charge is -2.27. The van der Waals surface area contributed by atoms with Gasteiger partial charge in [-0.05, 0) is 72.4 Å². The molecule has 0 spiro atoms. The molecule has 2 aromatic carbocycles. The molecule has 5 rings (SSSR count). The molecule has 0 bridgehead atoms. The van der Waals surface area contributed by atoms with Gasteiger partial charge in [0.05, 0.1) is 5.56 Å². The maximum atomic E-state index is 14.9. The summed E-state index contributed by atoms with van der Waals surface area (Å²) in [7, 11) is 0. The number of anilines is 2. The van der Waals surface area contributed by atoms with Crippen LogP contribution in [0.25, 0.3) is 0 Å². The van der Waals surface area contributed by atoms with E-state index in [9.17, 15) is 27.2 Å². The number of hydrogen-bond acceptors (Lipinski definition) is 4. The van der Waals surface area contributed by atoms with Crippen molar-refractivity contribution in [3.63, 3.8) is 0 Å². The Morgan fingerprint density at radius 3 is 2.46 bits per heavy atom. The van der Waals surface area contributed by atoms with Crippen molar-refractivity contribution in [2.45, 2.75) is 25.3 Å². The summed E-state index contributed by atoms with van der Waals surface area (Å²) in [5.74, 6) is -5.87.